The molecule has 0 bridgehead atoms. The molecule has 1 amide bonds. The molecule has 0 unspecified atom stereocenters. The Hall–Kier alpha value is -3.28. The summed E-state index contributed by atoms with van der Waals surface area (Å²) in [6.07, 6.45) is 6.95. The van der Waals surface area contributed by atoms with E-state index in [1.165, 1.54) is 6.08 Å². The first-order valence-corrected chi connectivity index (χ1v) is 8.21. The van der Waals surface area contributed by atoms with Gasteiger partial charge in [0, 0.05) is 36.0 Å². The average Bonchev–Trinajstić information content (AvgIpc) is 3.06. The van der Waals surface area contributed by atoms with E-state index in [2.05, 4.69) is 15.3 Å². The molecular weight excluding hydrogens is 330 g/mol. The first-order valence-electron chi connectivity index (χ1n) is 8.21. The van der Waals surface area contributed by atoms with Gasteiger partial charge in [0.2, 0.25) is 5.91 Å². The smallest absolute Gasteiger partial charge is 0.244 e. The van der Waals surface area contributed by atoms with Crippen molar-refractivity contribution in [2.24, 2.45) is 0 Å². The lowest BCUT2D eigenvalue weighted by atomic mass is 10.1. The number of hydrogen-bond acceptors (Lipinski definition) is 4. The molecule has 6 heteroatoms. The fourth-order valence-electron chi connectivity index (χ4n) is 2.67. The summed E-state index contributed by atoms with van der Waals surface area (Å²) in [5.41, 5.74) is 3.74. The fourth-order valence-corrected chi connectivity index (χ4v) is 2.67. The summed E-state index contributed by atoms with van der Waals surface area (Å²) in [5, 5.41) is 3.86. The molecule has 2 aromatic heterocycles. The number of methoxy groups -OCH3 is 2. The quantitative estimate of drug-likeness (QED) is 0.669. The van der Waals surface area contributed by atoms with Gasteiger partial charge in [0.05, 0.1) is 14.2 Å². The fraction of sp³-hybridized carbons (Fsp3) is 0.200. The van der Waals surface area contributed by atoms with Gasteiger partial charge in [-0.1, -0.05) is 6.07 Å². The lowest BCUT2D eigenvalue weighted by Gasteiger charge is -2.09. The van der Waals surface area contributed by atoms with Crippen LogP contribution in [0.25, 0.3) is 17.1 Å². The predicted octanol–water partition coefficient (Wildman–Crippen LogP) is 3.22. The van der Waals surface area contributed by atoms with Gasteiger partial charge in [-0.25, -0.2) is 4.98 Å². The number of H-pyrrole nitrogens is 1. The van der Waals surface area contributed by atoms with Crippen LogP contribution in [0.5, 0.6) is 11.5 Å². The van der Waals surface area contributed by atoms with Crippen LogP contribution in [0.2, 0.25) is 0 Å². The van der Waals surface area contributed by atoms with Crippen LogP contribution in [-0.4, -0.2) is 30.1 Å². The Balaban J connectivity index is 1.65. The molecule has 0 fully saturated rings. The summed E-state index contributed by atoms with van der Waals surface area (Å²) in [4.78, 5) is 19.5. The number of pyridine rings is 1. The second-order valence-electron chi connectivity index (χ2n) is 5.89. The van der Waals surface area contributed by atoms with Crippen LogP contribution in [0, 0.1) is 6.92 Å². The van der Waals surface area contributed by atoms with Gasteiger partial charge >= 0.3 is 0 Å². The van der Waals surface area contributed by atoms with Gasteiger partial charge in [-0.05, 0) is 42.3 Å². The number of carbonyl (C=O) groups is 1. The van der Waals surface area contributed by atoms with E-state index in [9.17, 15) is 4.79 Å². The topological polar surface area (TPSA) is 76.2 Å². The molecule has 0 saturated heterocycles. The number of hydrogen-bond donors (Lipinski definition) is 2. The Morgan fingerprint density at radius 1 is 1.23 bits per heavy atom. The number of rotatable bonds is 6. The summed E-state index contributed by atoms with van der Waals surface area (Å²) >= 11 is 0. The molecule has 26 heavy (non-hydrogen) atoms. The molecule has 1 aromatic carbocycles. The maximum Gasteiger partial charge on any atom is 0.244 e. The largest absolute Gasteiger partial charge is 0.493 e. The predicted molar refractivity (Wildman–Crippen MR) is 101 cm³/mol. The number of ether oxygens (including phenoxy) is 2. The Bertz CT molecular complexity index is 960. The first-order chi connectivity index (χ1) is 12.6. The molecule has 0 spiro atoms. The maximum absolute atomic E-state index is 12.1. The van der Waals surface area contributed by atoms with Crippen molar-refractivity contribution < 1.29 is 14.3 Å². The monoisotopic (exact) mass is 351 g/mol. The minimum Gasteiger partial charge on any atom is -0.493 e. The third-order valence-electron chi connectivity index (χ3n) is 4.03. The molecule has 0 atom stereocenters. The van der Waals surface area contributed by atoms with E-state index in [-0.39, 0.29) is 5.91 Å². The van der Waals surface area contributed by atoms with Crippen molar-refractivity contribution in [1.29, 1.82) is 0 Å². The molecule has 3 rings (SSSR count). The Morgan fingerprint density at radius 2 is 2.04 bits per heavy atom. The average molecular weight is 351 g/mol. The van der Waals surface area contributed by atoms with Gasteiger partial charge in [-0.2, -0.15) is 0 Å². The molecule has 0 saturated carbocycles. The number of aryl methyl sites for hydroxylation is 1. The number of carbonyl (C=O) groups excluding carboxylic acids is 1. The van der Waals surface area contributed by atoms with E-state index < -0.39 is 0 Å². The van der Waals surface area contributed by atoms with Crippen molar-refractivity contribution in [2.45, 2.75) is 13.5 Å². The number of aromatic nitrogens is 2. The SMILES string of the molecule is COc1ccc(CNC(=O)/C=C/c2c[nH]c3ncc(C)cc23)cc1OC. The van der Waals surface area contributed by atoms with E-state index >= 15 is 0 Å². The van der Waals surface area contributed by atoms with E-state index in [0.29, 0.717) is 18.0 Å². The molecule has 2 heterocycles. The summed E-state index contributed by atoms with van der Waals surface area (Å²) in [7, 11) is 3.17. The summed E-state index contributed by atoms with van der Waals surface area (Å²) < 4.78 is 10.5. The number of benzene rings is 1. The zero-order valence-electron chi connectivity index (χ0n) is 15.0. The van der Waals surface area contributed by atoms with Crippen molar-refractivity contribution in [3.63, 3.8) is 0 Å². The highest BCUT2D eigenvalue weighted by Crippen LogP contribution is 2.27. The van der Waals surface area contributed by atoms with Crippen LogP contribution in [0.1, 0.15) is 16.7 Å². The highest BCUT2D eigenvalue weighted by molar-refractivity contribution is 5.95. The standard InChI is InChI=1S/C20H21N3O3/c1-13-8-16-15(12-23-20(16)22-10-13)5-7-19(24)21-11-14-4-6-17(25-2)18(9-14)26-3/h4-10,12H,11H2,1-3H3,(H,21,24)(H,22,23)/b7-5+. The van der Waals surface area contributed by atoms with Crippen molar-refractivity contribution in [3.8, 4) is 11.5 Å². The van der Waals surface area contributed by atoms with Gasteiger partial charge in [-0.15, -0.1) is 0 Å². The highest BCUT2D eigenvalue weighted by atomic mass is 16.5. The number of fused-ring (bicyclic) bond motifs is 1. The van der Waals surface area contributed by atoms with E-state index in [0.717, 1.165) is 27.7 Å². The van der Waals surface area contributed by atoms with Crippen LogP contribution < -0.4 is 14.8 Å². The zero-order chi connectivity index (χ0) is 18.5. The van der Waals surface area contributed by atoms with Crippen LogP contribution in [-0.2, 0) is 11.3 Å². The molecule has 0 aliphatic carbocycles. The lowest BCUT2D eigenvalue weighted by Crippen LogP contribution is -2.20. The van der Waals surface area contributed by atoms with Crippen molar-refractivity contribution in [3.05, 3.63) is 59.4 Å². The number of aromatic amines is 1. The van der Waals surface area contributed by atoms with E-state index in [1.807, 2.05) is 43.6 Å². The van der Waals surface area contributed by atoms with Gasteiger partial charge < -0.3 is 19.8 Å². The van der Waals surface area contributed by atoms with Gasteiger partial charge in [0.1, 0.15) is 5.65 Å². The second kappa shape index (κ2) is 7.74. The number of nitrogens with zero attached hydrogens (tertiary/aromatic N) is 1. The molecule has 6 nitrogen and oxygen atoms in total. The van der Waals surface area contributed by atoms with Crippen LogP contribution >= 0.6 is 0 Å². The van der Waals surface area contributed by atoms with Gasteiger partial charge in [-0.3, -0.25) is 4.79 Å². The highest BCUT2D eigenvalue weighted by Gasteiger charge is 2.06. The van der Waals surface area contributed by atoms with Gasteiger partial charge in [0.25, 0.3) is 0 Å². The molecule has 134 valence electrons. The molecular formula is C20H21N3O3. The minimum absolute atomic E-state index is 0.172. The Labute approximate surface area is 151 Å². The third kappa shape index (κ3) is 3.85. The molecule has 2 N–H and O–H groups in total. The third-order valence-corrected chi connectivity index (χ3v) is 4.03. The maximum atomic E-state index is 12.1. The van der Waals surface area contributed by atoms with Crippen LogP contribution in [0.4, 0.5) is 0 Å². The zero-order valence-corrected chi connectivity index (χ0v) is 15.0. The molecule has 3 aromatic rings. The Kier molecular flexibility index (Phi) is 5.22. The van der Waals surface area contributed by atoms with Crippen molar-refractivity contribution in [1.82, 2.24) is 15.3 Å². The van der Waals surface area contributed by atoms with Crippen molar-refractivity contribution >= 4 is 23.0 Å². The van der Waals surface area contributed by atoms with E-state index in [1.54, 1.807) is 20.3 Å². The lowest BCUT2D eigenvalue weighted by molar-refractivity contribution is -0.116. The van der Waals surface area contributed by atoms with Gasteiger partial charge in [0.15, 0.2) is 11.5 Å². The van der Waals surface area contributed by atoms with Crippen LogP contribution in [0.3, 0.4) is 0 Å². The first kappa shape index (κ1) is 17.5. The summed E-state index contributed by atoms with van der Waals surface area (Å²) in [6.45, 7) is 2.39. The molecule has 0 aliphatic heterocycles. The minimum atomic E-state index is -0.172. The summed E-state index contributed by atoms with van der Waals surface area (Å²) in [5.74, 6) is 1.12. The van der Waals surface area contributed by atoms with E-state index in [4.69, 9.17) is 9.47 Å². The second-order valence-corrected chi connectivity index (χ2v) is 5.89. The summed E-state index contributed by atoms with van der Waals surface area (Å²) in [6, 6.07) is 7.59. The number of amides is 1. The molecule has 0 radical (unpaired) electrons. The molecule has 0 aliphatic rings. The van der Waals surface area contributed by atoms with Crippen molar-refractivity contribution in [2.75, 3.05) is 14.2 Å². The van der Waals surface area contributed by atoms with Crippen LogP contribution in [0.15, 0.2) is 42.7 Å². The number of nitrogens with one attached hydrogen (secondary N) is 2. The normalized spacial score (nSPS) is 11.0. The Morgan fingerprint density at radius 3 is 2.81 bits per heavy atom.